The fourth-order valence-corrected chi connectivity index (χ4v) is 3.21. The number of halogens is 3. The highest BCUT2D eigenvalue weighted by Gasteiger charge is 2.36. The quantitative estimate of drug-likeness (QED) is 0.362. The molecule has 1 saturated heterocycles. The highest BCUT2D eigenvalue weighted by molar-refractivity contribution is 5.75. The zero-order chi connectivity index (χ0) is 21.0. The van der Waals surface area contributed by atoms with Crippen molar-refractivity contribution >= 4 is 5.96 Å². The van der Waals surface area contributed by atoms with E-state index in [2.05, 4.69) is 10.1 Å². The SMILES string of the molecule is N=C(N)N1CCCC1c1nc(-c2ccc(OCCCCO)c(C(F)(F)F)c2)no1. The molecule has 1 aromatic carbocycles. The van der Waals surface area contributed by atoms with Crippen LogP contribution in [0, 0.1) is 5.41 Å². The Morgan fingerprint density at radius 2 is 2.17 bits per heavy atom. The Kier molecular flexibility index (Phi) is 6.26. The van der Waals surface area contributed by atoms with E-state index >= 15 is 0 Å². The number of ether oxygens (including phenoxy) is 1. The van der Waals surface area contributed by atoms with Crippen molar-refractivity contribution in [2.75, 3.05) is 19.8 Å². The van der Waals surface area contributed by atoms with Crippen LogP contribution in [0.4, 0.5) is 13.2 Å². The number of nitrogens with zero attached hydrogens (tertiary/aromatic N) is 3. The van der Waals surface area contributed by atoms with Gasteiger partial charge in [-0.1, -0.05) is 5.16 Å². The van der Waals surface area contributed by atoms with Crippen LogP contribution in [0.3, 0.4) is 0 Å². The highest BCUT2D eigenvalue weighted by atomic mass is 19.4. The number of alkyl halides is 3. The number of benzene rings is 1. The molecule has 3 rings (SSSR count). The van der Waals surface area contributed by atoms with Crippen LogP contribution in [0.15, 0.2) is 22.7 Å². The zero-order valence-corrected chi connectivity index (χ0v) is 15.6. The Balaban J connectivity index is 1.84. The summed E-state index contributed by atoms with van der Waals surface area (Å²) in [6.07, 6.45) is -2.27. The van der Waals surface area contributed by atoms with Crippen molar-refractivity contribution in [3.05, 3.63) is 29.7 Å². The van der Waals surface area contributed by atoms with Crippen LogP contribution in [0.1, 0.15) is 43.2 Å². The Bertz CT molecular complexity index is 856. The monoisotopic (exact) mass is 413 g/mol. The first-order chi connectivity index (χ1) is 13.8. The predicted octanol–water partition coefficient (Wildman–Crippen LogP) is 2.94. The van der Waals surface area contributed by atoms with Gasteiger partial charge in [-0.2, -0.15) is 18.2 Å². The fraction of sp³-hybridized carbons (Fsp3) is 0.500. The minimum atomic E-state index is -4.62. The summed E-state index contributed by atoms with van der Waals surface area (Å²) in [4.78, 5) is 5.84. The Morgan fingerprint density at radius 1 is 1.38 bits per heavy atom. The van der Waals surface area contributed by atoms with E-state index in [-0.39, 0.29) is 48.2 Å². The number of nitrogens with two attached hydrogens (primary N) is 1. The van der Waals surface area contributed by atoms with Gasteiger partial charge in [-0.05, 0) is 43.9 Å². The Morgan fingerprint density at radius 3 is 2.86 bits per heavy atom. The van der Waals surface area contributed by atoms with Crippen LogP contribution in [0.25, 0.3) is 11.4 Å². The van der Waals surface area contributed by atoms with Crippen molar-refractivity contribution < 1.29 is 27.5 Å². The summed E-state index contributed by atoms with van der Waals surface area (Å²) in [6.45, 7) is 0.604. The predicted molar refractivity (Wildman–Crippen MR) is 97.1 cm³/mol. The first kappa shape index (κ1) is 20.9. The molecule has 0 amide bonds. The Labute approximate surface area is 165 Å². The van der Waals surface area contributed by atoms with Crippen molar-refractivity contribution in [1.82, 2.24) is 15.0 Å². The van der Waals surface area contributed by atoms with Gasteiger partial charge in [0.15, 0.2) is 5.96 Å². The van der Waals surface area contributed by atoms with Gasteiger partial charge >= 0.3 is 6.18 Å². The molecule has 2 aromatic rings. The lowest BCUT2D eigenvalue weighted by atomic mass is 10.1. The van der Waals surface area contributed by atoms with Crippen molar-refractivity contribution in [3.63, 3.8) is 0 Å². The molecule has 0 bridgehead atoms. The van der Waals surface area contributed by atoms with Gasteiger partial charge < -0.3 is 25.0 Å². The molecule has 11 heteroatoms. The van der Waals surface area contributed by atoms with E-state index in [1.165, 1.54) is 12.1 Å². The molecule has 0 aliphatic carbocycles. The van der Waals surface area contributed by atoms with Gasteiger partial charge in [-0.25, -0.2) is 0 Å². The van der Waals surface area contributed by atoms with Crippen LogP contribution >= 0.6 is 0 Å². The first-order valence-electron chi connectivity index (χ1n) is 9.21. The van der Waals surface area contributed by atoms with Crippen molar-refractivity contribution in [2.24, 2.45) is 5.73 Å². The third kappa shape index (κ3) is 4.78. The van der Waals surface area contributed by atoms with Crippen LogP contribution in [0.2, 0.25) is 0 Å². The molecule has 1 fully saturated rings. The van der Waals surface area contributed by atoms with E-state index < -0.39 is 11.7 Å². The number of likely N-dealkylation sites (tertiary alicyclic amines) is 1. The number of unbranched alkanes of at least 4 members (excludes halogenated alkanes) is 1. The zero-order valence-electron chi connectivity index (χ0n) is 15.6. The van der Waals surface area contributed by atoms with Gasteiger partial charge in [-0.3, -0.25) is 5.41 Å². The van der Waals surface area contributed by atoms with Gasteiger partial charge in [0, 0.05) is 18.7 Å². The van der Waals surface area contributed by atoms with Gasteiger partial charge in [0.25, 0.3) is 0 Å². The summed E-state index contributed by atoms with van der Waals surface area (Å²) in [6, 6.07) is 3.23. The first-order valence-corrected chi connectivity index (χ1v) is 9.21. The summed E-state index contributed by atoms with van der Waals surface area (Å²) in [5.74, 6) is -0.172. The number of rotatable bonds is 7. The molecule has 0 radical (unpaired) electrons. The molecular formula is C18H22F3N5O3. The molecule has 1 aliphatic heterocycles. The lowest BCUT2D eigenvalue weighted by Crippen LogP contribution is -2.35. The van der Waals surface area contributed by atoms with Crippen LogP contribution < -0.4 is 10.5 Å². The van der Waals surface area contributed by atoms with Crippen molar-refractivity contribution in [1.29, 1.82) is 5.41 Å². The smallest absolute Gasteiger partial charge is 0.419 e. The highest BCUT2D eigenvalue weighted by Crippen LogP contribution is 2.39. The molecule has 1 unspecified atom stereocenters. The number of hydrogen-bond donors (Lipinski definition) is 3. The van der Waals surface area contributed by atoms with Crippen LogP contribution in [-0.4, -0.2) is 45.9 Å². The second-order valence-corrected chi connectivity index (χ2v) is 6.68. The van der Waals surface area contributed by atoms with E-state index in [1.54, 1.807) is 4.90 Å². The maximum absolute atomic E-state index is 13.5. The minimum absolute atomic E-state index is 0.0210. The van der Waals surface area contributed by atoms with Crippen molar-refractivity contribution in [3.8, 4) is 17.1 Å². The molecule has 8 nitrogen and oxygen atoms in total. The second kappa shape index (κ2) is 8.68. The molecular weight excluding hydrogens is 391 g/mol. The molecule has 1 aromatic heterocycles. The molecule has 4 N–H and O–H groups in total. The van der Waals surface area contributed by atoms with E-state index in [1.807, 2.05) is 0 Å². The molecule has 0 saturated carbocycles. The van der Waals surface area contributed by atoms with Gasteiger partial charge in [0.1, 0.15) is 11.8 Å². The molecule has 29 heavy (non-hydrogen) atoms. The van der Waals surface area contributed by atoms with Gasteiger partial charge in [-0.15, -0.1) is 0 Å². The summed E-state index contributed by atoms with van der Waals surface area (Å²) in [7, 11) is 0. The van der Waals surface area contributed by atoms with E-state index in [4.69, 9.17) is 25.5 Å². The molecule has 1 atom stereocenters. The number of aromatic nitrogens is 2. The molecule has 1 aliphatic rings. The van der Waals surface area contributed by atoms with Crippen LogP contribution in [0.5, 0.6) is 5.75 Å². The third-order valence-corrected chi connectivity index (χ3v) is 4.64. The lowest BCUT2D eigenvalue weighted by molar-refractivity contribution is -0.138. The molecule has 158 valence electrons. The normalized spacial score (nSPS) is 17.0. The van der Waals surface area contributed by atoms with E-state index in [0.717, 1.165) is 12.5 Å². The van der Waals surface area contributed by atoms with Gasteiger partial charge in [0.2, 0.25) is 11.7 Å². The largest absolute Gasteiger partial charge is 0.493 e. The number of aliphatic hydroxyl groups excluding tert-OH is 1. The van der Waals surface area contributed by atoms with Crippen molar-refractivity contribution in [2.45, 2.75) is 37.9 Å². The maximum atomic E-state index is 13.5. The standard InChI is InChI=1S/C18H22F3N5O3/c19-18(20,21)12-10-11(5-6-14(12)28-9-2-1-8-27)15-24-16(29-25-15)13-4-3-7-26(13)17(22)23/h5-6,10,13,27H,1-4,7-9H2,(H3,22,23). The van der Waals surface area contributed by atoms with E-state index in [9.17, 15) is 13.2 Å². The second-order valence-electron chi connectivity index (χ2n) is 6.68. The lowest BCUT2D eigenvalue weighted by Gasteiger charge is -2.21. The minimum Gasteiger partial charge on any atom is -0.493 e. The summed E-state index contributed by atoms with van der Waals surface area (Å²) >= 11 is 0. The maximum Gasteiger partial charge on any atom is 0.419 e. The topological polar surface area (TPSA) is 121 Å². The molecule has 2 heterocycles. The number of guanidine groups is 1. The molecule has 0 spiro atoms. The number of hydrogen-bond acceptors (Lipinski definition) is 6. The van der Waals surface area contributed by atoms with Gasteiger partial charge in [0.05, 0.1) is 12.2 Å². The van der Waals surface area contributed by atoms with Crippen LogP contribution in [-0.2, 0) is 6.18 Å². The summed E-state index contributed by atoms with van der Waals surface area (Å²) in [5, 5.41) is 20.2. The summed E-state index contributed by atoms with van der Waals surface area (Å²) < 4.78 is 50.9. The average Bonchev–Trinajstić information content (AvgIpc) is 3.33. The number of aliphatic hydroxyl groups is 1. The average molecular weight is 413 g/mol. The Hall–Kier alpha value is -2.82. The van der Waals surface area contributed by atoms with E-state index in [0.29, 0.717) is 25.8 Å². The summed E-state index contributed by atoms with van der Waals surface area (Å²) in [5.41, 5.74) is 4.76. The fourth-order valence-electron chi connectivity index (χ4n) is 3.21. The third-order valence-electron chi connectivity index (χ3n) is 4.64. The number of nitrogens with one attached hydrogen (secondary N) is 1.